The zero-order valence-corrected chi connectivity index (χ0v) is 18.6. The first kappa shape index (κ1) is 21.5. The lowest BCUT2D eigenvalue weighted by molar-refractivity contribution is -0.120. The van der Waals surface area contributed by atoms with Crippen LogP contribution in [0.1, 0.15) is 11.1 Å². The molecule has 0 bridgehead atoms. The number of nitrogens with one attached hydrogen (secondary N) is 1. The lowest BCUT2D eigenvalue weighted by Gasteiger charge is -2.18. The Labute approximate surface area is 191 Å². The molecule has 0 saturated carbocycles. The number of hydrogen-bond acceptors (Lipinski definition) is 5. The highest BCUT2D eigenvalue weighted by molar-refractivity contribution is 6.46. The molecule has 3 aromatic carbocycles. The third-order valence-electron chi connectivity index (χ3n) is 5.24. The molecule has 0 spiro atoms. The third kappa shape index (κ3) is 3.81. The first-order valence-electron chi connectivity index (χ1n) is 9.88. The van der Waals surface area contributed by atoms with Crippen LogP contribution in [0.25, 0.3) is 5.57 Å². The fourth-order valence-corrected chi connectivity index (χ4v) is 3.76. The predicted octanol–water partition coefficient (Wildman–Crippen LogP) is 5.06. The number of carbonyl (C=O) groups excluding carboxylic acids is 2. The van der Waals surface area contributed by atoms with Gasteiger partial charge in [-0.1, -0.05) is 41.9 Å². The average molecular weight is 449 g/mol. The number of amides is 2. The Morgan fingerprint density at radius 1 is 0.875 bits per heavy atom. The van der Waals surface area contributed by atoms with E-state index in [-0.39, 0.29) is 11.3 Å². The van der Waals surface area contributed by atoms with Gasteiger partial charge in [0.15, 0.2) is 0 Å². The highest BCUT2D eigenvalue weighted by Crippen LogP contribution is 2.37. The number of anilines is 2. The smallest absolute Gasteiger partial charge is 0.282 e. The van der Waals surface area contributed by atoms with Crippen LogP contribution in [-0.2, 0) is 9.59 Å². The number of para-hydroxylation sites is 2. The largest absolute Gasteiger partial charge is 0.497 e. The molecule has 3 aromatic rings. The monoisotopic (exact) mass is 448 g/mol. The van der Waals surface area contributed by atoms with Gasteiger partial charge in [0.1, 0.15) is 17.2 Å². The van der Waals surface area contributed by atoms with Crippen molar-refractivity contribution in [3.05, 3.63) is 88.6 Å². The molecule has 0 aliphatic carbocycles. The molecule has 1 aliphatic rings. The van der Waals surface area contributed by atoms with Gasteiger partial charge in [-0.15, -0.1) is 0 Å². The fourth-order valence-electron chi connectivity index (χ4n) is 3.60. The topological polar surface area (TPSA) is 67.9 Å². The molecule has 1 N–H and O–H groups in total. The highest BCUT2D eigenvalue weighted by Gasteiger charge is 2.41. The molecule has 0 aromatic heterocycles. The van der Waals surface area contributed by atoms with Crippen molar-refractivity contribution in [2.45, 2.75) is 6.92 Å². The first-order valence-corrected chi connectivity index (χ1v) is 10.3. The molecule has 1 heterocycles. The number of hydrogen-bond donors (Lipinski definition) is 1. The van der Waals surface area contributed by atoms with Gasteiger partial charge in [-0.25, -0.2) is 4.90 Å². The Morgan fingerprint density at radius 2 is 1.59 bits per heavy atom. The van der Waals surface area contributed by atoms with Crippen molar-refractivity contribution in [2.24, 2.45) is 0 Å². The SMILES string of the molecule is COc1ccc(C2=C(Nc3ccccc3OC)C(=O)N(c3cc(Cl)ccc3C)C2=O)cc1. The Hall–Kier alpha value is -3.77. The summed E-state index contributed by atoms with van der Waals surface area (Å²) in [6, 6.07) is 19.3. The minimum absolute atomic E-state index is 0.157. The number of halogens is 1. The van der Waals surface area contributed by atoms with Crippen molar-refractivity contribution in [1.29, 1.82) is 0 Å². The summed E-state index contributed by atoms with van der Waals surface area (Å²) in [5.74, 6) is 0.277. The zero-order chi connectivity index (χ0) is 22.8. The maximum Gasteiger partial charge on any atom is 0.282 e. The van der Waals surface area contributed by atoms with Crippen LogP contribution in [0, 0.1) is 6.92 Å². The Kier molecular flexibility index (Phi) is 5.88. The number of carbonyl (C=O) groups is 2. The second-order valence-electron chi connectivity index (χ2n) is 7.18. The lowest BCUT2D eigenvalue weighted by atomic mass is 10.0. The maximum absolute atomic E-state index is 13.6. The summed E-state index contributed by atoms with van der Waals surface area (Å²) in [6.07, 6.45) is 0. The summed E-state index contributed by atoms with van der Waals surface area (Å²) in [7, 11) is 3.11. The van der Waals surface area contributed by atoms with Gasteiger partial charge in [0, 0.05) is 5.02 Å². The van der Waals surface area contributed by atoms with Crippen molar-refractivity contribution < 1.29 is 19.1 Å². The van der Waals surface area contributed by atoms with E-state index in [1.807, 2.05) is 19.1 Å². The minimum Gasteiger partial charge on any atom is -0.497 e. The minimum atomic E-state index is -0.475. The molecule has 0 fully saturated rings. The van der Waals surface area contributed by atoms with E-state index >= 15 is 0 Å². The van der Waals surface area contributed by atoms with Gasteiger partial charge >= 0.3 is 0 Å². The second-order valence-corrected chi connectivity index (χ2v) is 7.62. The van der Waals surface area contributed by atoms with E-state index in [1.54, 1.807) is 68.8 Å². The van der Waals surface area contributed by atoms with Gasteiger partial charge in [0.25, 0.3) is 11.8 Å². The molecule has 7 heteroatoms. The fraction of sp³-hybridized carbons (Fsp3) is 0.120. The first-order chi connectivity index (χ1) is 15.4. The zero-order valence-electron chi connectivity index (χ0n) is 17.8. The maximum atomic E-state index is 13.6. The molecule has 1 aliphatic heterocycles. The molecule has 32 heavy (non-hydrogen) atoms. The molecule has 6 nitrogen and oxygen atoms in total. The van der Waals surface area contributed by atoms with Crippen LogP contribution in [0.5, 0.6) is 11.5 Å². The van der Waals surface area contributed by atoms with E-state index in [0.29, 0.717) is 33.5 Å². The van der Waals surface area contributed by atoms with Crippen molar-refractivity contribution in [3.63, 3.8) is 0 Å². The molecule has 2 amide bonds. The number of imide groups is 1. The van der Waals surface area contributed by atoms with Crippen LogP contribution in [0.2, 0.25) is 5.02 Å². The quantitative estimate of drug-likeness (QED) is 0.534. The van der Waals surface area contributed by atoms with Gasteiger partial charge in [-0.3, -0.25) is 9.59 Å². The molecule has 0 saturated heterocycles. The van der Waals surface area contributed by atoms with Crippen LogP contribution in [0.15, 0.2) is 72.4 Å². The Bertz CT molecular complexity index is 1230. The summed E-state index contributed by atoms with van der Waals surface area (Å²) < 4.78 is 10.6. The van der Waals surface area contributed by atoms with Gasteiger partial charge in [0.05, 0.1) is 31.2 Å². The van der Waals surface area contributed by atoms with Gasteiger partial charge in [0.2, 0.25) is 0 Å². The van der Waals surface area contributed by atoms with Crippen molar-refractivity contribution in [1.82, 2.24) is 0 Å². The van der Waals surface area contributed by atoms with Crippen molar-refractivity contribution in [3.8, 4) is 11.5 Å². The summed E-state index contributed by atoms with van der Waals surface area (Å²) in [5, 5.41) is 3.56. The second kappa shape index (κ2) is 8.77. The lowest BCUT2D eigenvalue weighted by Crippen LogP contribution is -2.33. The normalized spacial score (nSPS) is 13.6. The summed E-state index contributed by atoms with van der Waals surface area (Å²) >= 11 is 6.17. The van der Waals surface area contributed by atoms with Gasteiger partial charge < -0.3 is 14.8 Å². The van der Waals surface area contributed by atoms with E-state index in [4.69, 9.17) is 21.1 Å². The molecule has 4 rings (SSSR count). The summed E-state index contributed by atoms with van der Waals surface area (Å²) in [4.78, 5) is 28.3. The Balaban J connectivity index is 1.86. The van der Waals surface area contributed by atoms with E-state index in [9.17, 15) is 9.59 Å². The van der Waals surface area contributed by atoms with Crippen LogP contribution in [-0.4, -0.2) is 26.0 Å². The predicted molar refractivity (Wildman–Crippen MR) is 125 cm³/mol. The number of ether oxygens (including phenoxy) is 2. The third-order valence-corrected chi connectivity index (χ3v) is 5.48. The van der Waals surface area contributed by atoms with E-state index in [2.05, 4.69) is 5.32 Å². The number of rotatable bonds is 6. The standard InChI is InChI=1S/C25H21ClN2O4/c1-15-8-11-17(26)14-20(15)28-24(29)22(16-9-12-18(31-2)13-10-16)23(25(28)30)27-19-6-4-5-7-21(19)32-3/h4-14,27H,1-3H3. The van der Waals surface area contributed by atoms with Crippen LogP contribution in [0.4, 0.5) is 11.4 Å². The van der Waals surface area contributed by atoms with Gasteiger partial charge in [-0.2, -0.15) is 0 Å². The summed E-state index contributed by atoms with van der Waals surface area (Å²) in [6.45, 7) is 1.82. The number of aryl methyl sites for hydroxylation is 1. The molecule has 0 radical (unpaired) electrons. The Morgan fingerprint density at radius 3 is 2.28 bits per heavy atom. The van der Waals surface area contributed by atoms with Crippen molar-refractivity contribution in [2.75, 3.05) is 24.4 Å². The molecular formula is C25H21ClN2O4. The molecular weight excluding hydrogens is 428 g/mol. The highest BCUT2D eigenvalue weighted by atomic mass is 35.5. The van der Waals surface area contributed by atoms with E-state index < -0.39 is 11.8 Å². The van der Waals surface area contributed by atoms with E-state index in [1.165, 1.54) is 0 Å². The van der Waals surface area contributed by atoms with Gasteiger partial charge in [-0.05, 0) is 54.4 Å². The number of methoxy groups -OCH3 is 2. The van der Waals surface area contributed by atoms with E-state index in [0.717, 1.165) is 10.5 Å². The van der Waals surface area contributed by atoms with Crippen LogP contribution >= 0.6 is 11.6 Å². The summed E-state index contributed by atoms with van der Waals surface area (Å²) in [5.41, 5.74) is 2.76. The molecule has 0 unspecified atom stereocenters. The van der Waals surface area contributed by atoms with Crippen molar-refractivity contribution >= 4 is 40.4 Å². The number of benzene rings is 3. The average Bonchev–Trinajstić information content (AvgIpc) is 3.05. The van der Waals surface area contributed by atoms with Crippen LogP contribution < -0.4 is 19.7 Å². The number of nitrogens with zero attached hydrogens (tertiary/aromatic N) is 1. The van der Waals surface area contributed by atoms with Crippen LogP contribution in [0.3, 0.4) is 0 Å². The molecule has 162 valence electrons. The molecule has 0 atom stereocenters.